The number of hydrogen-bond donors (Lipinski definition) is 0. The highest BCUT2D eigenvalue weighted by Crippen LogP contribution is 2.35. The summed E-state index contributed by atoms with van der Waals surface area (Å²) in [6.07, 6.45) is 9.99. The predicted molar refractivity (Wildman–Crippen MR) is 128 cm³/mol. The van der Waals surface area contributed by atoms with Crippen LogP contribution in [0.3, 0.4) is 0 Å². The van der Waals surface area contributed by atoms with Gasteiger partial charge in [0.1, 0.15) is 6.07 Å². The Morgan fingerprint density at radius 2 is 1.76 bits per heavy atom. The molecular weight excluding hydrogens is 412 g/mol. The molecule has 0 spiro atoms. The minimum atomic E-state index is 0.0331. The maximum absolute atomic E-state index is 12.5. The molecule has 0 bridgehead atoms. The number of Topliss-reactive ketones (excluding diaryl/α,β-unsaturated/α-hetero) is 1. The number of nitriles is 1. The van der Waals surface area contributed by atoms with Gasteiger partial charge in [0.15, 0.2) is 5.78 Å². The third-order valence-corrected chi connectivity index (χ3v) is 6.95. The van der Waals surface area contributed by atoms with Gasteiger partial charge < -0.3 is 9.80 Å². The van der Waals surface area contributed by atoms with Gasteiger partial charge >= 0.3 is 0 Å². The minimum absolute atomic E-state index is 0.0331. The maximum Gasteiger partial charge on any atom is 0.232 e. The van der Waals surface area contributed by atoms with E-state index in [0.29, 0.717) is 5.56 Å². The van der Waals surface area contributed by atoms with Crippen molar-refractivity contribution in [2.75, 3.05) is 37.6 Å². The topological polar surface area (TPSA) is 86.0 Å². The third-order valence-electron chi connectivity index (χ3n) is 6.95. The molecule has 7 heteroatoms. The molecule has 0 radical (unpaired) electrons. The Labute approximate surface area is 194 Å². The molecule has 2 fully saturated rings. The number of piperidine rings is 1. The van der Waals surface area contributed by atoms with Crippen LogP contribution in [-0.4, -0.2) is 58.4 Å². The molecule has 2 aliphatic rings. The van der Waals surface area contributed by atoms with Crippen LogP contribution in [0.15, 0.2) is 36.8 Å². The number of ketones is 1. The summed E-state index contributed by atoms with van der Waals surface area (Å²) in [5.41, 5.74) is 4.31. The average Bonchev–Trinajstić information content (AvgIpc) is 3.36. The van der Waals surface area contributed by atoms with E-state index in [9.17, 15) is 4.79 Å². The van der Waals surface area contributed by atoms with Crippen molar-refractivity contribution in [3.63, 3.8) is 0 Å². The molecule has 4 heterocycles. The first-order valence-electron chi connectivity index (χ1n) is 11.8. The summed E-state index contributed by atoms with van der Waals surface area (Å²) in [5.74, 6) is 0.905. The van der Waals surface area contributed by atoms with Gasteiger partial charge in [-0.1, -0.05) is 6.07 Å². The van der Waals surface area contributed by atoms with Crippen LogP contribution in [0.4, 0.5) is 5.69 Å². The molecule has 0 N–H and O–H groups in total. The highest BCUT2D eigenvalue weighted by molar-refractivity contribution is 6.08. The van der Waals surface area contributed by atoms with E-state index in [-0.39, 0.29) is 11.6 Å². The lowest BCUT2D eigenvalue weighted by Crippen LogP contribution is -2.38. The number of anilines is 1. The van der Waals surface area contributed by atoms with Crippen molar-refractivity contribution < 1.29 is 4.79 Å². The van der Waals surface area contributed by atoms with Crippen molar-refractivity contribution in [2.24, 2.45) is 5.92 Å². The second-order valence-corrected chi connectivity index (χ2v) is 9.15. The van der Waals surface area contributed by atoms with E-state index >= 15 is 0 Å². The number of benzene rings is 1. The highest BCUT2D eigenvalue weighted by Gasteiger charge is 2.26. The van der Waals surface area contributed by atoms with Gasteiger partial charge in [0, 0.05) is 49.2 Å². The molecule has 0 amide bonds. The van der Waals surface area contributed by atoms with Gasteiger partial charge in [0.05, 0.1) is 16.8 Å². The Kier molecular flexibility index (Phi) is 6.01. The summed E-state index contributed by atoms with van der Waals surface area (Å²) in [6, 6.07) is 8.00. The van der Waals surface area contributed by atoms with Crippen molar-refractivity contribution >= 4 is 22.4 Å². The Hall–Kier alpha value is -3.37. The number of pyridine rings is 1. The molecular formula is C26H28N6O. The second kappa shape index (κ2) is 9.24. The number of likely N-dealkylation sites (tertiary alicyclic amines) is 1. The highest BCUT2D eigenvalue weighted by atomic mass is 16.1. The fourth-order valence-corrected chi connectivity index (χ4v) is 5.16. The van der Waals surface area contributed by atoms with Crippen LogP contribution in [0.25, 0.3) is 22.0 Å². The smallest absolute Gasteiger partial charge is 0.232 e. The van der Waals surface area contributed by atoms with Crippen molar-refractivity contribution in [3.05, 3.63) is 48.2 Å². The summed E-state index contributed by atoms with van der Waals surface area (Å²) in [4.78, 5) is 30.3. The van der Waals surface area contributed by atoms with Gasteiger partial charge in [0.25, 0.3) is 0 Å². The molecule has 0 aliphatic carbocycles. The van der Waals surface area contributed by atoms with Crippen molar-refractivity contribution in [3.8, 4) is 17.2 Å². The lowest BCUT2D eigenvalue weighted by Gasteiger charge is -2.36. The zero-order chi connectivity index (χ0) is 22.8. The normalized spacial score (nSPS) is 17.4. The van der Waals surface area contributed by atoms with Gasteiger partial charge in [-0.3, -0.25) is 9.78 Å². The van der Waals surface area contributed by atoms with Crippen LogP contribution >= 0.6 is 0 Å². The summed E-state index contributed by atoms with van der Waals surface area (Å²) < 4.78 is 0. The maximum atomic E-state index is 12.5. The number of rotatable bonds is 5. The molecule has 7 nitrogen and oxygen atoms in total. The van der Waals surface area contributed by atoms with Crippen molar-refractivity contribution in [1.29, 1.82) is 5.26 Å². The van der Waals surface area contributed by atoms with Gasteiger partial charge in [-0.15, -0.1) is 0 Å². The minimum Gasteiger partial charge on any atom is -0.370 e. The zero-order valence-electron chi connectivity index (χ0n) is 19.0. The van der Waals surface area contributed by atoms with Gasteiger partial charge in [0.2, 0.25) is 5.82 Å². The van der Waals surface area contributed by atoms with Crippen LogP contribution in [0, 0.1) is 17.2 Å². The largest absolute Gasteiger partial charge is 0.370 e. The lowest BCUT2D eigenvalue weighted by atomic mass is 9.94. The van der Waals surface area contributed by atoms with E-state index in [1.165, 1.54) is 32.5 Å². The quantitative estimate of drug-likeness (QED) is 0.553. The molecule has 5 rings (SSSR count). The van der Waals surface area contributed by atoms with Crippen LogP contribution in [0.2, 0.25) is 0 Å². The molecule has 33 heavy (non-hydrogen) atoms. The molecule has 168 valence electrons. The molecule has 2 aromatic heterocycles. The Bertz CT molecular complexity index is 1200. The van der Waals surface area contributed by atoms with Crippen LogP contribution < -0.4 is 4.90 Å². The molecule has 0 unspecified atom stereocenters. The average molecular weight is 441 g/mol. The Morgan fingerprint density at radius 3 is 2.42 bits per heavy atom. The van der Waals surface area contributed by atoms with E-state index < -0.39 is 0 Å². The van der Waals surface area contributed by atoms with E-state index in [4.69, 9.17) is 5.26 Å². The number of carbonyl (C=O) groups is 1. The standard InChI is InChI=1S/C26H28N6O/c1-18(33)23-16-28-24-5-4-20(21-14-29-25(13-27)30-15-21)12-22(24)26(23)32-10-6-19(7-11-32)17-31-8-2-3-9-31/h4-5,12,14-16,19H,2-3,6-11,17H2,1H3. The summed E-state index contributed by atoms with van der Waals surface area (Å²) in [7, 11) is 0. The SMILES string of the molecule is CC(=O)c1cnc2ccc(-c3cnc(C#N)nc3)cc2c1N1CCC(CN2CCCC2)CC1. The van der Waals surface area contributed by atoms with E-state index in [0.717, 1.165) is 59.6 Å². The fourth-order valence-electron chi connectivity index (χ4n) is 5.16. The molecule has 0 saturated carbocycles. The van der Waals surface area contributed by atoms with Gasteiger partial charge in [-0.2, -0.15) is 5.26 Å². The van der Waals surface area contributed by atoms with Crippen LogP contribution in [0.5, 0.6) is 0 Å². The number of fused-ring (bicyclic) bond motifs is 1. The lowest BCUT2D eigenvalue weighted by molar-refractivity contribution is 0.101. The first-order chi connectivity index (χ1) is 16.1. The van der Waals surface area contributed by atoms with Gasteiger partial charge in [-0.05, 0) is 69.3 Å². The molecule has 3 aromatic rings. The number of carbonyl (C=O) groups excluding carboxylic acids is 1. The van der Waals surface area contributed by atoms with Crippen molar-refractivity contribution in [2.45, 2.75) is 32.6 Å². The van der Waals surface area contributed by atoms with Crippen LogP contribution in [0.1, 0.15) is 48.8 Å². The first-order valence-corrected chi connectivity index (χ1v) is 11.8. The molecule has 2 saturated heterocycles. The first kappa shape index (κ1) is 21.5. The molecule has 2 aliphatic heterocycles. The number of aromatic nitrogens is 3. The summed E-state index contributed by atoms with van der Waals surface area (Å²) >= 11 is 0. The molecule has 1 aromatic carbocycles. The van der Waals surface area contributed by atoms with E-state index in [2.05, 4.69) is 30.8 Å². The van der Waals surface area contributed by atoms with E-state index in [1.807, 2.05) is 18.2 Å². The summed E-state index contributed by atoms with van der Waals surface area (Å²) in [5, 5.41) is 9.95. The zero-order valence-corrected chi connectivity index (χ0v) is 19.0. The second-order valence-electron chi connectivity index (χ2n) is 9.15. The Morgan fingerprint density at radius 1 is 1.03 bits per heavy atom. The monoisotopic (exact) mass is 440 g/mol. The molecule has 0 atom stereocenters. The fraction of sp³-hybridized carbons (Fsp3) is 0.423. The summed E-state index contributed by atoms with van der Waals surface area (Å²) in [6.45, 7) is 7.19. The number of nitrogens with zero attached hydrogens (tertiary/aromatic N) is 6. The predicted octanol–water partition coefficient (Wildman–Crippen LogP) is 4.08. The third kappa shape index (κ3) is 4.44. The Balaban J connectivity index is 1.47. The van der Waals surface area contributed by atoms with Crippen LogP contribution in [-0.2, 0) is 0 Å². The van der Waals surface area contributed by atoms with Crippen molar-refractivity contribution in [1.82, 2.24) is 19.9 Å². The van der Waals surface area contributed by atoms with Gasteiger partial charge in [-0.25, -0.2) is 9.97 Å². The van der Waals surface area contributed by atoms with E-state index in [1.54, 1.807) is 25.5 Å². The number of hydrogen-bond acceptors (Lipinski definition) is 7.